The van der Waals surface area contributed by atoms with Crippen molar-refractivity contribution in [2.24, 2.45) is 0 Å². The molecule has 0 spiro atoms. The maximum atomic E-state index is 5.71. The van der Waals surface area contributed by atoms with E-state index in [4.69, 9.17) is 9.47 Å². The first-order chi connectivity index (χ1) is 10.8. The number of rotatable bonds is 5. The summed E-state index contributed by atoms with van der Waals surface area (Å²) in [6.07, 6.45) is 6.82. The molecule has 2 heterocycles. The van der Waals surface area contributed by atoms with Crippen LogP contribution in [0.15, 0.2) is 61.2 Å². The summed E-state index contributed by atoms with van der Waals surface area (Å²) in [4.78, 5) is 12.4. The predicted molar refractivity (Wildman–Crippen MR) is 82.6 cm³/mol. The lowest BCUT2D eigenvalue weighted by atomic mass is 10.1. The minimum Gasteiger partial charge on any atom is -0.487 e. The lowest BCUT2D eigenvalue weighted by Gasteiger charge is -2.07. The van der Waals surface area contributed by atoms with Gasteiger partial charge in [0.2, 0.25) is 5.88 Å². The molecule has 0 aliphatic carbocycles. The van der Waals surface area contributed by atoms with Gasteiger partial charge in [0.15, 0.2) is 0 Å². The number of ether oxygens (including phenoxy) is 2. The van der Waals surface area contributed by atoms with Crippen molar-refractivity contribution in [3.63, 3.8) is 0 Å². The van der Waals surface area contributed by atoms with Gasteiger partial charge in [-0.25, -0.2) is 4.98 Å². The molecule has 5 heteroatoms. The van der Waals surface area contributed by atoms with Gasteiger partial charge in [-0.1, -0.05) is 18.2 Å². The van der Waals surface area contributed by atoms with Gasteiger partial charge in [0.1, 0.15) is 18.1 Å². The Morgan fingerprint density at radius 3 is 2.50 bits per heavy atom. The van der Waals surface area contributed by atoms with Gasteiger partial charge < -0.3 is 9.47 Å². The summed E-state index contributed by atoms with van der Waals surface area (Å²) in [5, 5.41) is 0. The Morgan fingerprint density at radius 2 is 1.77 bits per heavy atom. The van der Waals surface area contributed by atoms with Gasteiger partial charge in [0.25, 0.3) is 0 Å². The largest absolute Gasteiger partial charge is 0.487 e. The molecule has 3 aromatic rings. The second-order valence-corrected chi connectivity index (χ2v) is 4.61. The highest BCUT2D eigenvalue weighted by atomic mass is 16.5. The van der Waals surface area contributed by atoms with Crippen LogP contribution in [0.25, 0.3) is 11.1 Å². The van der Waals surface area contributed by atoms with Crippen LogP contribution in [-0.2, 0) is 6.61 Å². The van der Waals surface area contributed by atoms with Gasteiger partial charge >= 0.3 is 0 Å². The van der Waals surface area contributed by atoms with Crippen LogP contribution in [0.1, 0.15) is 5.69 Å². The number of hydrogen-bond donors (Lipinski definition) is 0. The second-order valence-electron chi connectivity index (χ2n) is 4.61. The van der Waals surface area contributed by atoms with E-state index in [1.54, 1.807) is 25.7 Å². The minimum absolute atomic E-state index is 0.344. The zero-order valence-electron chi connectivity index (χ0n) is 12.1. The Balaban J connectivity index is 1.66. The van der Waals surface area contributed by atoms with Crippen molar-refractivity contribution >= 4 is 0 Å². The van der Waals surface area contributed by atoms with E-state index in [1.165, 1.54) is 0 Å². The van der Waals surface area contributed by atoms with E-state index in [1.807, 2.05) is 42.6 Å². The highest BCUT2D eigenvalue weighted by Gasteiger charge is 2.02. The van der Waals surface area contributed by atoms with Gasteiger partial charge in [-0.2, -0.15) is 0 Å². The molecule has 1 aromatic carbocycles. The van der Waals surface area contributed by atoms with Crippen molar-refractivity contribution in [2.75, 3.05) is 7.11 Å². The summed E-state index contributed by atoms with van der Waals surface area (Å²) in [6, 6.07) is 11.8. The van der Waals surface area contributed by atoms with E-state index >= 15 is 0 Å². The summed E-state index contributed by atoms with van der Waals surface area (Å²) in [6.45, 7) is 0.344. The van der Waals surface area contributed by atoms with Crippen LogP contribution in [0.3, 0.4) is 0 Å². The third kappa shape index (κ3) is 3.38. The Morgan fingerprint density at radius 1 is 0.909 bits per heavy atom. The highest BCUT2D eigenvalue weighted by molar-refractivity contribution is 5.62. The van der Waals surface area contributed by atoms with Crippen molar-refractivity contribution < 1.29 is 9.47 Å². The third-order valence-corrected chi connectivity index (χ3v) is 3.11. The lowest BCUT2D eigenvalue weighted by molar-refractivity contribution is 0.297. The van der Waals surface area contributed by atoms with Crippen LogP contribution in [0.2, 0.25) is 0 Å². The van der Waals surface area contributed by atoms with Crippen LogP contribution < -0.4 is 9.47 Å². The van der Waals surface area contributed by atoms with Gasteiger partial charge in [-0.05, 0) is 29.3 Å². The Labute approximate surface area is 128 Å². The molecule has 5 nitrogen and oxygen atoms in total. The number of benzene rings is 1. The average Bonchev–Trinajstić information content (AvgIpc) is 2.61. The van der Waals surface area contributed by atoms with E-state index in [0.29, 0.717) is 12.5 Å². The molecular formula is C17H15N3O2. The van der Waals surface area contributed by atoms with Crippen molar-refractivity contribution in [2.45, 2.75) is 6.61 Å². The molecule has 0 saturated carbocycles. The molecule has 0 fully saturated rings. The van der Waals surface area contributed by atoms with E-state index in [0.717, 1.165) is 22.6 Å². The fourth-order valence-corrected chi connectivity index (χ4v) is 1.99. The standard InChI is InChI=1S/C17H15N3O2/c1-21-17-11-19-10-15(20-17)12-22-16-6-4-13(5-7-16)14-3-2-8-18-9-14/h2-11H,12H2,1H3. The number of aromatic nitrogens is 3. The van der Waals surface area contributed by atoms with Crippen molar-refractivity contribution in [1.82, 2.24) is 15.0 Å². The van der Waals surface area contributed by atoms with E-state index < -0.39 is 0 Å². The van der Waals surface area contributed by atoms with E-state index in [-0.39, 0.29) is 0 Å². The average molecular weight is 293 g/mol. The fourth-order valence-electron chi connectivity index (χ4n) is 1.99. The second kappa shape index (κ2) is 6.67. The number of hydrogen-bond acceptors (Lipinski definition) is 5. The molecule has 0 aliphatic rings. The zero-order valence-corrected chi connectivity index (χ0v) is 12.1. The normalized spacial score (nSPS) is 10.2. The lowest BCUT2D eigenvalue weighted by Crippen LogP contribution is -2.00. The topological polar surface area (TPSA) is 57.1 Å². The van der Waals surface area contributed by atoms with Gasteiger partial charge in [0, 0.05) is 12.4 Å². The van der Waals surface area contributed by atoms with Crippen LogP contribution >= 0.6 is 0 Å². The molecule has 0 aliphatic heterocycles. The summed E-state index contributed by atoms with van der Waals surface area (Å²) >= 11 is 0. The summed E-state index contributed by atoms with van der Waals surface area (Å²) in [5.74, 6) is 1.25. The van der Waals surface area contributed by atoms with Gasteiger partial charge in [-0.3, -0.25) is 9.97 Å². The van der Waals surface area contributed by atoms with E-state index in [9.17, 15) is 0 Å². The Hall–Kier alpha value is -2.95. The molecule has 3 rings (SSSR count). The first-order valence-corrected chi connectivity index (χ1v) is 6.83. The van der Waals surface area contributed by atoms with Crippen molar-refractivity contribution in [3.8, 4) is 22.8 Å². The number of methoxy groups -OCH3 is 1. The number of nitrogens with zero attached hydrogens (tertiary/aromatic N) is 3. The third-order valence-electron chi connectivity index (χ3n) is 3.11. The molecule has 110 valence electrons. The van der Waals surface area contributed by atoms with Crippen molar-refractivity contribution in [3.05, 3.63) is 66.9 Å². The monoisotopic (exact) mass is 293 g/mol. The molecule has 0 N–H and O–H groups in total. The Kier molecular flexibility index (Phi) is 4.25. The zero-order chi connectivity index (χ0) is 15.2. The van der Waals surface area contributed by atoms with Crippen LogP contribution in [0.4, 0.5) is 0 Å². The van der Waals surface area contributed by atoms with Gasteiger partial charge in [-0.15, -0.1) is 0 Å². The molecule has 2 aromatic heterocycles. The molecule has 22 heavy (non-hydrogen) atoms. The van der Waals surface area contributed by atoms with Crippen LogP contribution in [0.5, 0.6) is 11.6 Å². The SMILES string of the molecule is COc1cncc(COc2ccc(-c3cccnc3)cc2)n1. The summed E-state index contributed by atoms with van der Waals surface area (Å²) < 4.78 is 10.7. The van der Waals surface area contributed by atoms with Crippen LogP contribution in [0, 0.1) is 0 Å². The molecular weight excluding hydrogens is 278 g/mol. The predicted octanol–water partition coefficient (Wildman–Crippen LogP) is 3.13. The fraction of sp³-hybridized carbons (Fsp3) is 0.118. The highest BCUT2D eigenvalue weighted by Crippen LogP contribution is 2.21. The van der Waals surface area contributed by atoms with E-state index in [2.05, 4.69) is 15.0 Å². The summed E-state index contributed by atoms with van der Waals surface area (Å²) in [5.41, 5.74) is 2.89. The van der Waals surface area contributed by atoms with Crippen LogP contribution in [-0.4, -0.2) is 22.1 Å². The molecule has 0 saturated heterocycles. The summed E-state index contributed by atoms with van der Waals surface area (Å²) in [7, 11) is 1.56. The minimum atomic E-state index is 0.344. The molecule has 0 unspecified atom stereocenters. The van der Waals surface area contributed by atoms with Gasteiger partial charge in [0.05, 0.1) is 19.5 Å². The Bertz CT molecular complexity index is 730. The number of pyridine rings is 1. The molecule has 0 bridgehead atoms. The van der Waals surface area contributed by atoms with Crippen molar-refractivity contribution in [1.29, 1.82) is 0 Å². The molecule has 0 radical (unpaired) electrons. The maximum Gasteiger partial charge on any atom is 0.232 e. The maximum absolute atomic E-state index is 5.71. The molecule has 0 amide bonds. The molecule has 0 atom stereocenters. The quantitative estimate of drug-likeness (QED) is 0.723. The smallest absolute Gasteiger partial charge is 0.232 e. The first-order valence-electron chi connectivity index (χ1n) is 6.83. The first kappa shape index (κ1) is 14.0.